The van der Waals surface area contributed by atoms with Gasteiger partial charge in [-0.25, -0.2) is 4.79 Å². The van der Waals surface area contributed by atoms with Gasteiger partial charge in [0.05, 0.1) is 11.1 Å². The van der Waals surface area contributed by atoms with Gasteiger partial charge in [-0.3, -0.25) is 0 Å². The third-order valence-electron chi connectivity index (χ3n) is 4.78. The van der Waals surface area contributed by atoms with Crippen LogP contribution in [0.15, 0.2) is 48.5 Å². The normalized spacial score (nSPS) is 13.7. The first kappa shape index (κ1) is 21.1. The van der Waals surface area contributed by atoms with E-state index < -0.39 is 17.7 Å². The number of hydrogen-bond acceptors (Lipinski definition) is 5. The van der Waals surface area contributed by atoms with E-state index in [1.165, 1.54) is 12.1 Å². The lowest BCUT2D eigenvalue weighted by molar-refractivity contribution is -0.137. The van der Waals surface area contributed by atoms with Crippen molar-refractivity contribution in [3.8, 4) is 17.4 Å². The van der Waals surface area contributed by atoms with Crippen molar-refractivity contribution in [1.29, 1.82) is 0 Å². The molecule has 31 heavy (non-hydrogen) atoms. The molecule has 0 atom stereocenters. The van der Waals surface area contributed by atoms with Crippen molar-refractivity contribution in [2.75, 3.05) is 0 Å². The van der Waals surface area contributed by atoms with Crippen molar-refractivity contribution in [2.24, 2.45) is 0 Å². The van der Waals surface area contributed by atoms with Crippen LogP contribution in [0.4, 0.5) is 13.2 Å². The molecule has 0 aliphatic heterocycles. The van der Waals surface area contributed by atoms with Gasteiger partial charge in [0.1, 0.15) is 5.75 Å². The smallest absolute Gasteiger partial charge is 0.416 e. The molecule has 0 unspecified atom stereocenters. The number of carbonyl (C=O) groups excluding carboxylic acids is 1. The summed E-state index contributed by atoms with van der Waals surface area (Å²) in [6.45, 7) is 1.87. The first-order valence-corrected chi connectivity index (χ1v) is 9.80. The van der Waals surface area contributed by atoms with E-state index in [4.69, 9.17) is 21.1 Å². The van der Waals surface area contributed by atoms with Crippen LogP contribution in [0.5, 0.6) is 17.4 Å². The maximum Gasteiger partial charge on any atom is 0.416 e. The van der Waals surface area contributed by atoms with Crippen molar-refractivity contribution in [2.45, 2.75) is 31.9 Å². The molecular formula is C22H16ClF3N2O3. The molecule has 0 spiro atoms. The summed E-state index contributed by atoms with van der Waals surface area (Å²) in [6.07, 6.45) is -2.50. The van der Waals surface area contributed by atoms with Gasteiger partial charge >= 0.3 is 12.1 Å². The number of hydrogen-bond donors (Lipinski definition) is 0. The monoisotopic (exact) mass is 448 g/mol. The van der Waals surface area contributed by atoms with Crippen LogP contribution < -0.4 is 9.47 Å². The van der Waals surface area contributed by atoms with Crippen molar-refractivity contribution in [1.82, 2.24) is 10.2 Å². The standard InChI is InChI=1S/C22H16ClF3N2O3/c1-12-4-2-7-16(13-8-9-13)19(12)31-20-17(11-18(23)27-28-20)30-21(29)14-5-3-6-15(10-14)22(24,25)26/h2-7,10-11,13H,8-9H2,1H3. The largest absolute Gasteiger partial charge is 0.434 e. The predicted octanol–water partition coefficient (Wildman–Crippen LogP) is 6.35. The highest BCUT2D eigenvalue weighted by Gasteiger charge is 2.31. The third-order valence-corrected chi connectivity index (χ3v) is 4.97. The van der Waals surface area contributed by atoms with Gasteiger partial charge in [-0.15, -0.1) is 10.2 Å². The fraction of sp³-hybridized carbons (Fsp3) is 0.227. The van der Waals surface area contributed by atoms with Crippen molar-refractivity contribution >= 4 is 17.6 Å². The second kappa shape index (κ2) is 8.19. The SMILES string of the molecule is Cc1cccc(C2CC2)c1Oc1nnc(Cl)cc1OC(=O)c1cccc(C(F)(F)F)c1. The number of alkyl halides is 3. The molecule has 1 aliphatic rings. The molecule has 0 radical (unpaired) electrons. The molecule has 160 valence electrons. The quantitative estimate of drug-likeness (QED) is 0.426. The average molecular weight is 449 g/mol. The Bertz CT molecular complexity index is 1150. The van der Waals surface area contributed by atoms with E-state index in [1.54, 1.807) is 0 Å². The molecule has 0 bridgehead atoms. The highest BCUT2D eigenvalue weighted by molar-refractivity contribution is 6.29. The fourth-order valence-electron chi connectivity index (χ4n) is 3.09. The van der Waals surface area contributed by atoms with Crippen LogP contribution in [0.1, 0.15) is 45.8 Å². The number of para-hydroxylation sites is 1. The van der Waals surface area contributed by atoms with E-state index in [2.05, 4.69) is 10.2 Å². The second-order valence-electron chi connectivity index (χ2n) is 7.17. The number of benzene rings is 2. The highest BCUT2D eigenvalue weighted by atomic mass is 35.5. The molecule has 0 saturated heterocycles. The number of rotatable bonds is 5. The molecule has 1 heterocycles. The lowest BCUT2D eigenvalue weighted by Crippen LogP contribution is -2.12. The van der Waals surface area contributed by atoms with Crippen LogP contribution in [-0.4, -0.2) is 16.2 Å². The number of aryl methyl sites for hydroxylation is 1. The Morgan fingerprint density at radius 3 is 2.55 bits per heavy atom. The maximum atomic E-state index is 13.0. The third kappa shape index (κ3) is 4.80. The van der Waals surface area contributed by atoms with Gasteiger partial charge < -0.3 is 9.47 Å². The Balaban J connectivity index is 1.64. The number of ether oxygens (including phenoxy) is 2. The van der Waals surface area contributed by atoms with Gasteiger partial charge in [-0.05, 0) is 55.0 Å². The summed E-state index contributed by atoms with van der Waals surface area (Å²) in [4.78, 5) is 12.5. The fourth-order valence-corrected chi connectivity index (χ4v) is 3.23. The van der Waals surface area contributed by atoms with E-state index in [-0.39, 0.29) is 22.3 Å². The molecule has 1 fully saturated rings. The molecule has 1 saturated carbocycles. The molecule has 1 aliphatic carbocycles. The number of esters is 1. The summed E-state index contributed by atoms with van der Waals surface area (Å²) in [5.41, 5.74) is 0.629. The van der Waals surface area contributed by atoms with E-state index in [1.807, 2.05) is 25.1 Å². The number of nitrogens with zero attached hydrogens (tertiary/aromatic N) is 2. The zero-order chi connectivity index (χ0) is 22.2. The Morgan fingerprint density at radius 2 is 1.84 bits per heavy atom. The second-order valence-corrected chi connectivity index (χ2v) is 7.56. The molecule has 0 amide bonds. The Morgan fingerprint density at radius 1 is 1.10 bits per heavy atom. The van der Waals surface area contributed by atoms with Crippen molar-refractivity contribution in [3.05, 3.63) is 75.9 Å². The summed E-state index contributed by atoms with van der Waals surface area (Å²) >= 11 is 5.89. The lowest BCUT2D eigenvalue weighted by atomic mass is 10.1. The van der Waals surface area contributed by atoms with E-state index in [0.29, 0.717) is 17.7 Å². The lowest BCUT2D eigenvalue weighted by Gasteiger charge is -2.15. The van der Waals surface area contributed by atoms with E-state index in [9.17, 15) is 18.0 Å². The summed E-state index contributed by atoms with van der Waals surface area (Å²) < 4.78 is 50.1. The summed E-state index contributed by atoms with van der Waals surface area (Å²) in [5, 5.41) is 7.55. The minimum absolute atomic E-state index is 0.0635. The topological polar surface area (TPSA) is 61.3 Å². The first-order chi connectivity index (χ1) is 14.7. The molecule has 1 aromatic heterocycles. The number of halogens is 4. The van der Waals surface area contributed by atoms with Gasteiger partial charge in [-0.2, -0.15) is 13.2 Å². The van der Waals surface area contributed by atoms with E-state index >= 15 is 0 Å². The number of aromatic nitrogens is 2. The van der Waals surface area contributed by atoms with Gasteiger partial charge in [0.2, 0.25) is 0 Å². The zero-order valence-corrected chi connectivity index (χ0v) is 17.0. The molecule has 3 aromatic rings. The molecule has 9 heteroatoms. The van der Waals surface area contributed by atoms with Crippen LogP contribution in [-0.2, 0) is 6.18 Å². The summed E-state index contributed by atoms with van der Waals surface area (Å²) in [7, 11) is 0. The first-order valence-electron chi connectivity index (χ1n) is 9.42. The Hall–Kier alpha value is -3.13. The van der Waals surface area contributed by atoms with Crippen LogP contribution in [0.2, 0.25) is 5.15 Å². The Labute approximate surface area is 180 Å². The summed E-state index contributed by atoms with van der Waals surface area (Å²) in [5.74, 6) is -0.301. The zero-order valence-electron chi connectivity index (χ0n) is 16.2. The van der Waals surface area contributed by atoms with Gasteiger partial charge in [0, 0.05) is 6.07 Å². The number of carbonyl (C=O) groups is 1. The van der Waals surface area contributed by atoms with E-state index in [0.717, 1.165) is 36.1 Å². The Kier molecular flexibility index (Phi) is 5.58. The van der Waals surface area contributed by atoms with Crippen LogP contribution >= 0.6 is 11.6 Å². The average Bonchev–Trinajstić information content (AvgIpc) is 3.56. The van der Waals surface area contributed by atoms with Gasteiger partial charge in [0.25, 0.3) is 5.88 Å². The predicted molar refractivity (Wildman–Crippen MR) is 107 cm³/mol. The van der Waals surface area contributed by atoms with Crippen LogP contribution in [0, 0.1) is 6.92 Å². The molecule has 0 N–H and O–H groups in total. The minimum atomic E-state index is -4.59. The summed E-state index contributed by atoms with van der Waals surface area (Å²) in [6, 6.07) is 10.9. The van der Waals surface area contributed by atoms with Crippen LogP contribution in [0.25, 0.3) is 0 Å². The molecular weight excluding hydrogens is 433 g/mol. The van der Waals surface area contributed by atoms with Crippen molar-refractivity contribution < 1.29 is 27.4 Å². The molecule has 4 rings (SSSR count). The molecule has 5 nitrogen and oxygen atoms in total. The van der Waals surface area contributed by atoms with Gasteiger partial charge in [0.15, 0.2) is 10.9 Å². The van der Waals surface area contributed by atoms with Gasteiger partial charge in [-0.1, -0.05) is 35.9 Å². The molecule has 2 aromatic carbocycles. The minimum Gasteiger partial charge on any atom is -0.434 e. The van der Waals surface area contributed by atoms with Crippen LogP contribution in [0.3, 0.4) is 0 Å². The maximum absolute atomic E-state index is 13.0. The highest BCUT2D eigenvalue weighted by Crippen LogP contribution is 2.47. The van der Waals surface area contributed by atoms with Crippen molar-refractivity contribution in [3.63, 3.8) is 0 Å².